The van der Waals surface area contributed by atoms with Gasteiger partial charge in [-0.05, 0) is 25.1 Å². The number of anilines is 1. The highest BCUT2D eigenvalue weighted by molar-refractivity contribution is 5.69. The molecule has 1 aliphatic rings. The van der Waals surface area contributed by atoms with Crippen LogP contribution in [0.3, 0.4) is 0 Å². The van der Waals surface area contributed by atoms with E-state index in [1.165, 1.54) is 0 Å². The van der Waals surface area contributed by atoms with Gasteiger partial charge in [-0.3, -0.25) is 0 Å². The lowest BCUT2D eigenvalue weighted by Gasteiger charge is -2.27. The van der Waals surface area contributed by atoms with Gasteiger partial charge in [-0.25, -0.2) is 4.52 Å². The van der Waals surface area contributed by atoms with Crippen LogP contribution >= 0.6 is 0 Å². The van der Waals surface area contributed by atoms with Gasteiger partial charge in [-0.1, -0.05) is 0 Å². The normalized spacial score (nSPS) is 33.9. The second-order valence-corrected chi connectivity index (χ2v) is 5.18. The molecule has 5 N–H and O–H groups in total. The Kier molecular flexibility index (Phi) is 2.94. The number of rotatable bonds is 2. The number of hydrogen-bond acceptors (Lipinski definition) is 6. The third-order valence-corrected chi connectivity index (χ3v) is 3.94. The van der Waals surface area contributed by atoms with E-state index in [2.05, 4.69) is 5.10 Å². The largest absolute Gasteiger partial charge is 0.397 e. The summed E-state index contributed by atoms with van der Waals surface area (Å²) in [5, 5.41) is 33.6. The first kappa shape index (κ1) is 13.3. The highest BCUT2D eigenvalue weighted by Gasteiger charge is 2.53. The minimum absolute atomic E-state index is 0.368. The molecule has 7 heteroatoms. The van der Waals surface area contributed by atoms with Crippen LogP contribution in [0.4, 0.5) is 5.69 Å². The van der Waals surface area contributed by atoms with E-state index in [0.717, 1.165) is 0 Å². The minimum atomic E-state index is -1.17. The van der Waals surface area contributed by atoms with Gasteiger partial charge in [0.15, 0.2) is 0 Å². The Morgan fingerprint density at radius 2 is 2.15 bits per heavy atom. The van der Waals surface area contributed by atoms with Gasteiger partial charge in [0.2, 0.25) is 0 Å². The van der Waals surface area contributed by atoms with Gasteiger partial charge in [0.1, 0.15) is 23.9 Å². The standard InChI is InChI=1S/C13H17N3O4/c1-13(12(19)11(18)9(6-17)20-13)10-3-2-8-7(14)4-5-15-16(8)10/h2-5,9,11-12,17-19H,6,14H2,1H3/t9-,11-,12-,13+/m1/s1. The third-order valence-electron chi connectivity index (χ3n) is 3.94. The first-order valence-corrected chi connectivity index (χ1v) is 6.36. The van der Waals surface area contributed by atoms with E-state index < -0.39 is 23.9 Å². The molecule has 4 atom stereocenters. The van der Waals surface area contributed by atoms with Gasteiger partial charge in [0.25, 0.3) is 0 Å². The summed E-state index contributed by atoms with van der Waals surface area (Å²) in [5.41, 5.74) is 6.53. The zero-order valence-electron chi connectivity index (χ0n) is 11.0. The van der Waals surface area contributed by atoms with Crippen molar-refractivity contribution in [3.05, 3.63) is 30.1 Å². The van der Waals surface area contributed by atoms with Crippen molar-refractivity contribution in [3.8, 4) is 0 Å². The molecule has 3 heterocycles. The Morgan fingerprint density at radius 3 is 2.80 bits per heavy atom. The molecular weight excluding hydrogens is 262 g/mol. The monoisotopic (exact) mass is 279 g/mol. The smallest absolute Gasteiger partial charge is 0.136 e. The van der Waals surface area contributed by atoms with Gasteiger partial charge in [0.05, 0.1) is 23.5 Å². The van der Waals surface area contributed by atoms with Crippen LogP contribution in [0.5, 0.6) is 0 Å². The fourth-order valence-electron chi connectivity index (χ4n) is 2.75. The second kappa shape index (κ2) is 4.42. The third kappa shape index (κ3) is 1.64. The SMILES string of the molecule is C[C@@]1(c2ccc3c(N)ccnn23)O[C@H](CO)[C@@H](O)[C@H]1O. The summed E-state index contributed by atoms with van der Waals surface area (Å²) in [4.78, 5) is 0. The van der Waals surface area contributed by atoms with Crippen LogP contribution in [0.15, 0.2) is 24.4 Å². The van der Waals surface area contributed by atoms with Crippen LogP contribution in [-0.2, 0) is 10.3 Å². The van der Waals surface area contributed by atoms with E-state index in [4.69, 9.17) is 10.5 Å². The molecule has 0 aromatic carbocycles. The molecule has 0 saturated carbocycles. The lowest BCUT2D eigenvalue weighted by Crippen LogP contribution is -2.39. The van der Waals surface area contributed by atoms with Crippen LogP contribution in [0.2, 0.25) is 0 Å². The molecule has 20 heavy (non-hydrogen) atoms. The molecule has 1 saturated heterocycles. The van der Waals surface area contributed by atoms with Crippen LogP contribution in [0.1, 0.15) is 12.6 Å². The van der Waals surface area contributed by atoms with E-state index in [1.54, 1.807) is 35.8 Å². The highest BCUT2D eigenvalue weighted by atomic mass is 16.6. The van der Waals surface area contributed by atoms with Gasteiger partial charge >= 0.3 is 0 Å². The number of fused-ring (bicyclic) bond motifs is 1. The molecular formula is C13H17N3O4. The van der Waals surface area contributed by atoms with Crippen molar-refractivity contribution < 1.29 is 20.1 Å². The van der Waals surface area contributed by atoms with Crippen molar-refractivity contribution in [1.82, 2.24) is 9.61 Å². The van der Waals surface area contributed by atoms with Crippen molar-refractivity contribution in [3.63, 3.8) is 0 Å². The van der Waals surface area contributed by atoms with E-state index in [9.17, 15) is 15.3 Å². The first-order valence-electron chi connectivity index (χ1n) is 6.36. The maximum atomic E-state index is 10.3. The molecule has 2 aromatic heterocycles. The summed E-state index contributed by atoms with van der Waals surface area (Å²) in [6.45, 7) is 1.29. The molecule has 3 rings (SSSR count). The highest BCUT2D eigenvalue weighted by Crippen LogP contribution is 2.40. The Balaban J connectivity index is 2.13. The average molecular weight is 279 g/mol. The quantitative estimate of drug-likeness (QED) is 0.575. The molecule has 0 radical (unpaired) electrons. The van der Waals surface area contributed by atoms with E-state index in [1.807, 2.05) is 0 Å². The predicted octanol–water partition coefficient (Wildman–Crippen LogP) is -0.755. The summed E-state index contributed by atoms with van der Waals surface area (Å²) in [6.07, 6.45) is -1.60. The molecule has 0 aliphatic carbocycles. The van der Waals surface area contributed by atoms with Gasteiger partial charge in [0, 0.05) is 6.20 Å². The van der Waals surface area contributed by atoms with Gasteiger partial charge in [-0.2, -0.15) is 5.10 Å². The van der Waals surface area contributed by atoms with Crippen molar-refractivity contribution in [2.75, 3.05) is 12.3 Å². The zero-order valence-corrected chi connectivity index (χ0v) is 11.0. The Bertz CT molecular complexity index is 644. The van der Waals surface area contributed by atoms with Crippen molar-refractivity contribution >= 4 is 11.2 Å². The Hall–Kier alpha value is -1.67. The summed E-state index contributed by atoms with van der Waals surface area (Å²) >= 11 is 0. The number of ether oxygens (including phenoxy) is 1. The van der Waals surface area contributed by atoms with E-state index >= 15 is 0 Å². The summed E-state index contributed by atoms with van der Waals surface area (Å²) in [7, 11) is 0. The van der Waals surface area contributed by atoms with Crippen molar-refractivity contribution in [1.29, 1.82) is 0 Å². The Labute approximate surface area is 115 Å². The average Bonchev–Trinajstić information content (AvgIpc) is 2.96. The molecule has 0 bridgehead atoms. The van der Waals surface area contributed by atoms with Gasteiger partial charge < -0.3 is 25.8 Å². The number of nitrogens with zero attached hydrogens (tertiary/aromatic N) is 2. The lowest BCUT2D eigenvalue weighted by molar-refractivity contribution is -0.0890. The molecule has 1 fully saturated rings. The lowest BCUT2D eigenvalue weighted by atomic mass is 9.93. The number of aromatic nitrogens is 2. The number of aliphatic hydroxyl groups is 3. The number of hydrogen-bond donors (Lipinski definition) is 4. The molecule has 7 nitrogen and oxygen atoms in total. The number of nitrogens with two attached hydrogens (primary N) is 1. The fourth-order valence-corrected chi connectivity index (χ4v) is 2.75. The molecule has 2 aromatic rings. The predicted molar refractivity (Wildman–Crippen MR) is 70.9 cm³/mol. The minimum Gasteiger partial charge on any atom is -0.397 e. The molecule has 0 spiro atoms. The Morgan fingerprint density at radius 1 is 1.40 bits per heavy atom. The van der Waals surface area contributed by atoms with E-state index in [-0.39, 0.29) is 6.61 Å². The first-order chi connectivity index (χ1) is 9.49. The maximum Gasteiger partial charge on any atom is 0.136 e. The molecule has 1 aliphatic heterocycles. The second-order valence-electron chi connectivity index (χ2n) is 5.18. The molecule has 0 unspecified atom stereocenters. The van der Waals surface area contributed by atoms with Crippen molar-refractivity contribution in [2.45, 2.75) is 30.8 Å². The summed E-state index contributed by atoms with van der Waals surface area (Å²) in [6, 6.07) is 5.20. The topological polar surface area (TPSA) is 113 Å². The van der Waals surface area contributed by atoms with Crippen LogP contribution < -0.4 is 5.73 Å². The van der Waals surface area contributed by atoms with Crippen LogP contribution in [-0.4, -0.2) is 49.9 Å². The number of aliphatic hydroxyl groups excluding tert-OH is 3. The van der Waals surface area contributed by atoms with Crippen molar-refractivity contribution in [2.24, 2.45) is 0 Å². The summed E-state index contributed by atoms with van der Waals surface area (Å²) < 4.78 is 7.24. The fraction of sp³-hybridized carbons (Fsp3) is 0.462. The number of nitrogen functional groups attached to an aromatic ring is 1. The van der Waals surface area contributed by atoms with Crippen LogP contribution in [0.25, 0.3) is 5.52 Å². The molecule has 0 amide bonds. The summed E-state index contributed by atoms with van der Waals surface area (Å²) in [5.74, 6) is 0. The maximum absolute atomic E-state index is 10.3. The van der Waals surface area contributed by atoms with Crippen LogP contribution in [0, 0.1) is 0 Å². The zero-order chi connectivity index (χ0) is 14.5. The van der Waals surface area contributed by atoms with Gasteiger partial charge in [-0.15, -0.1) is 0 Å². The van der Waals surface area contributed by atoms with E-state index in [0.29, 0.717) is 16.9 Å². The molecule has 108 valence electrons.